The van der Waals surface area contributed by atoms with Crippen molar-refractivity contribution in [2.45, 2.75) is 50.3 Å². The highest BCUT2D eigenvalue weighted by Crippen LogP contribution is 2.36. The smallest absolute Gasteiger partial charge is 0.326 e. The van der Waals surface area contributed by atoms with Crippen molar-refractivity contribution in [1.29, 1.82) is 0 Å². The van der Waals surface area contributed by atoms with E-state index in [1.54, 1.807) is 0 Å². The molecule has 2 saturated heterocycles. The molecule has 3 nitrogen and oxygen atoms in total. The molecular formula is C15H19NO2. The fourth-order valence-corrected chi connectivity index (χ4v) is 3.14. The second kappa shape index (κ2) is 4.73. The largest absolute Gasteiger partial charge is 0.459 e. The normalized spacial score (nSPS) is 30.1. The Balaban J connectivity index is 1.62. The number of fused-ring (bicyclic) bond motifs is 2. The number of nitrogens with one attached hydrogen (secondary N) is 1. The van der Waals surface area contributed by atoms with Gasteiger partial charge in [0.05, 0.1) is 0 Å². The summed E-state index contributed by atoms with van der Waals surface area (Å²) in [5.74, 6) is -0.0615. The molecular weight excluding hydrogens is 226 g/mol. The summed E-state index contributed by atoms with van der Waals surface area (Å²) >= 11 is 0. The first-order valence-corrected chi connectivity index (χ1v) is 6.77. The van der Waals surface area contributed by atoms with Gasteiger partial charge in [-0.1, -0.05) is 30.3 Å². The summed E-state index contributed by atoms with van der Waals surface area (Å²) in [6.45, 7) is 0.383. The van der Waals surface area contributed by atoms with Crippen molar-refractivity contribution in [3.05, 3.63) is 35.9 Å². The van der Waals surface area contributed by atoms with Gasteiger partial charge in [0, 0.05) is 6.04 Å². The van der Waals surface area contributed by atoms with Crippen molar-refractivity contribution in [3.63, 3.8) is 0 Å². The van der Waals surface area contributed by atoms with Crippen LogP contribution in [0.2, 0.25) is 0 Å². The summed E-state index contributed by atoms with van der Waals surface area (Å²) in [7, 11) is 0. The molecule has 0 aliphatic carbocycles. The zero-order valence-corrected chi connectivity index (χ0v) is 10.5. The first-order chi connectivity index (χ1) is 8.78. The van der Waals surface area contributed by atoms with E-state index in [0.29, 0.717) is 12.6 Å². The molecule has 0 radical (unpaired) electrons. The maximum absolute atomic E-state index is 12.3. The van der Waals surface area contributed by atoms with Crippen LogP contribution in [0.3, 0.4) is 0 Å². The number of hydrogen-bond donors (Lipinski definition) is 1. The molecule has 1 unspecified atom stereocenters. The number of rotatable bonds is 3. The Morgan fingerprint density at radius 2 is 2.11 bits per heavy atom. The summed E-state index contributed by atoms with van der Waals surface area (Å²) in [5.41, 5.74) is 0.671. The summed E-state index contributed by atoms with van der Waals surface area (Å²) in [6.07, 6.45) is 5.31. The van der Waals surface area contributed by atoms with Crippen LogP contribution < -0.4 is 5.32 Å². The van der Waals surface area contributed by atoms with Crippen LogP contribution in [0.4, 0.5) is 0 Å². The molecule has 2 fully saturated rings. The molecule has 0 spiro atoms. The Hall–Kier alpha value is -1.35. The van der Waals surface area contributed by atoms with Crippen molar-refractivity contribution in [2.24, 2.45) is 0 Å². The molecule has 1 aromatic rings. The van der Waals surface area contributed by atoms with Gasteiger partial charge in [-0.3, -0.25) is 10.1 Å². The molecule has 0 aromatic heterocycles. The van der Waals surface area contributed by atoms with Crippen molar-refractivity contribution in [1.82, 2.24) is 5.32 Å². The molecule has 0 saturated carbocycles. The van der Waals surface area contributed by atoms with Gasteiger partial charge in [0.1, 0.15) is 12.1 Å². The van der Waals surface area contributed by atoms with Crippen LogP contribution in [0, 0.1) is 0 Å². The SMILES string of the molecule is O=C(OCc1ccccc1)C12CCC[C@H](CC1)N2. The molecule has 3 heteroatoms. The Kier molecular flexibility index (Phi) is 3.08. The highest BCUT2D eigenvalue weighted by atomic mass is 16.5. The van der Waals surface area contributed by atoms with Crippen LogP contribution in [-0.2, 0) is 16.1 Å². The molecule has 2 aliphatic heterocycles. The lowest BCUT2D eigenvalue weighted by Gasteiger charge is -2.32. The summed E-state index contributed by atoms with van der Waals surface area (Å²) < 4.78 is 5.49. The van der Waals surface area contributed by atoms with E-state index in [-0.39, 0.29) is 11.5 Å². The molecule has 1 aromatic carbocycles. The van der Waals surface area contributed by atoms with Crippen molar-refractivity contribution >= 4 is 5.97 Å². The van der Waals surface area contributed by atoms with Gasteiger partial charge in [-0.25, -0.2) is 0 Å². The average molecular weight is 245 g/mol. The molecule has 1 N–H and O–H groups in total. The van der Waals surface area contributed by atoms with Crippen molar-refractivity contribution in [2.75, 3.05) is 0 Å². The third-order valence-electron chi connectivity index (χ3n) is 4.16. The Bertz CT molecular complexity index is 427. The van der Waals surface area contributed by atoms with Gasteiger partial charge in [0.15, 0.2) is 0 Å². The van der Waals surface area contributed by atoms with Crippen LogP contribution in [-0.4, -0.2) is 17.6 Å². The van der Waals surface area contributed by atoms with Crippen LogP contribution in [0.5, 0.6) is 0 Å². The molecule has 0 amide bonds. The van der Waals surface area contributed by atoms with Crippen molar-refractivity contribution in [3.8, 4) is 0 Å². The highest BCUT2D eigenvalue weighted by Gasteiger charge is 2.48. The third kappa shape index (κ3) is 2.15. The van der Waals surface area contributed by atoms with Gasteiger partial charge in [-0.05, 0) is 37.7 Å². The minimum absolute atomic E-state index is 0.0615. The molecule has 96 valence electrons. The van der Waals surface area contributed by atoms with E-state index >= 15 is 0 Å². The van der Waals surface area contributed by atoms with Gasteiger partial charge in [0.25, 0.3) is 0 Å². The monoisotopic (exact) mass is 245 g/mol. The average Bonchev–Trinajstić information content (AvgIpc) is 2.73. The van der Waals surface area contributed by atoms with Gasteiger partial charge in [-0.15, -0.1) is 0 Å². The zero-order valence-electron chi connectivity index (χ0n) is 10.5. The van der Waals surface area contributed by atoms with Crippen LogP contribution in [0.1, 0.15) is 37.7 Å². The van der Waals surface area contributed by atoms with Crippen LogP contribution >= 0.6 is 0 Å². The number of carbonyl (C=O) groups is 1. The second-order valence-electron chi connectivity index (χ2n) is 5.42. The van der Waals surface area contributed by atoms with Crippen LogP contribution in [0.15, 0.2) is 30.3 Å². The quantitative estimate of drug-likeness (QED) is 0.831. The predicted octanol–water partition coefficient (Wildman–Crippen LogP) is 2.40. The molecule has 18 heavy (non-hydrogen) atoms. The number of ether oxygens (including phenoxy) is 1. The van der Waals surface area contributed by atoms with Gasteiger partial charge < -0.3 is 4.74 Å². The lowest BCUT2D eigenvalue weighted by atomic mass is 9.91. The number of piperidine rings is 1. The molecule has 2 aliphatic rings. The van der Waals surface area contributed by atoms with E-state index in [2.05, 4.69) is 5.32 Å². The first-order valence-electron chi connectivity index (χ1n) is 6.77. The summed E-state index contributed by atoms with van der Waals surface area (Å²) in [6, 6.07) is 10.4. The first kappa shape index (κ1) is 11.7. The molecule has 2 heterocycles. The predicted molar refractivity (Wildman–Crippen MR) is 69.0 cm³/mol. The van der Waals surface area contributed by atoms with Gasteiger partial charge >= 0.3 is 5.97 Å². The molecule has 3 rings (SSSR count). The van der Waals surface area contributed by atoms with E-state index in [4.69, 9.17) is 4.74 Å². The van der Waals surface area contributed by atoms with E-state index in [0.717, 1.165) is 31.2 Å². The van der Waals surface area contributed by atoms with E-state index in [9.17, 15) is 4.79 Å². The molecule has 2 atom stereocenters. The Morgan fingerprint density at radius 1 is 1.28 bits per heavy atom. The zero-order chi connectivity index (χ0) is 12.4. The lowest BCUT2D eigenvalue weighted by Crippen LogP contribution is -2.53. The third-order valence-corrected chi connectivity index (χ3v) is 4.16. The van der Waals surface area contributed by atoms with E-state index in [1.807, 2.05) is 30.3 Å². The fourth-order valence-electron chi connectivity index (χ4n) is 3.14. The second-order valence-corrected chi connectivity index (χ2v) is 5.42. The number of esters is 1. The Labute approximate surface area is 108 Å². The lowest BCUT2D eigenvalue weighted by molar-refractivity contribution is -0.153. The van der Waals surface area contributed by atoms with E-state index < -0.39 is 0 Å². The fraction of sp³-hybridized carbons (Fsp3) is 0.533. The highest BCUT2D eigenvalue weighted by molar-refractivity contribution is 5.81. The maximum atomic E-state index is 12.3. The standard InChI is InChI=1S/C15H19NO2/c17-14(18-11-12-5-2-1-3-6-12)15-9-4-7-13(16-15)8-10-15/h1-3,5-6,13,16H,4,7-11H2/t13-,15?/m1/s1. The topological polar surface area (TPSA) is 38.3 Å². The van der Waals surface area contributed by atoms with Gasteiger partial charge in [-0.2, -0.15) is 0 Å². The maximum Gasteiger partial charge on any atom is 0.326 e. The number of carbonyl (C=O) groups excluding carboxylic acids is 1. The minimum Gasteiger partial charge on any atom is -0.459 e. The van der Waals surface area contributed by atoms with Crippen molar-refractivity contribution < 1.29 is 9.53 Å². The summed E-state index contributed by atoms with van der Waals surface area (Å²) in [4.78, 5) is 12.3. The molecule has 2 bridgehead atoms. The van der Waals surface area contributed by atoms with E-state index in [1.165, 1.54) is 6.42 Å². The number of benzene rings is 1. The van der Waals surface area contributed by atoms with Crippen LogP contribution in [0.25, 0.3) is 0 Å². The van der Waals surface area contributed by atoms with Gasteiger partial charge in [0.2, 0.25) is 0 Å². The Morgan fingerprint density at radius 3 is 2.94 bits per heavy atom. The minimum atomic E-state index is -0.377. The summed E-state index contributed by atoms with van der Waals surface area (Å²) in [5, 5.41) is 3.47. The number of hydrogen-bond acceptors (Lipinski definition) is 3.